The standard InChI is InChI=1S/C9H13IN2/c1-7(6-11)12-9-4-2-3-8(10)5-9/h2-5,7,12H,6,11H2,1H3. The minimum Gasteiger partial charge on any atom is -0.381 e. The van der Waals surface area contributed by atoms with Crippen LogP contribution < -0.4 is 11.1 Å². The molecule has 0 saturated carbocycles. The van der Waals surface area contributed by atoms with Crippen molar-refractivity contribution in [2.75, 3.05) is 11.9 Å². The highest BCUT2D eigenvalue weighted by Gasteiger charge is 1.97. The van der Waals surface area contributed by atoms with Crippen molar-refractivity contribution in [3.63, 3.8) is 0 Å². The zero-order chi connectivity index (χ0) is 8.97. The molecule has 0 amide bonds. The second-order valence-corrected chi connectivity index (χ2v) is 4.04. The van der Waals surface area contributed by atoms with Crippen LogP contribution in [0.1, 0.15) is 6.92 Å². The van der Waals surface area contributed by atoms with Gasteiger partial charge in [-0.2, -0.15) is 0 Å². The number of benzene rings is 1. The molecule has 2 nitrogen and oxygen atoms in total. The van der Waals surface area contributed by atoms with Gasteiger partial charge in [-0.3, -0.25) is 0 Å². The molecule has 1 aromatic carbocycles. The molecule has 0 fully saturated rings. The highest BCUT2D eigenvalue weighted by Crippen LogP contribution is 2.12. The Balaban J connectivity index is 2.63. The van der Waals surface area contributed by atoms with Gasteiger partial charge in [0.05, 0.1) is 0 Å². The van der Waals surface area contributed by atoms with Gasteiger partial charge in [0.25, 0.3) is 0 Å². The Morgan fingerprint density at radius 3 is 2.92 bits per heavy atom. The predicted molar refractivity (Wildman–Crippen MR) is 61.3 cm³/mol. The van der Waals surface area contributed by atoms with Crippen LogP contribution in [0, 0.1) is 3.57 Å². The van der Waals surface area contributed by atoms with Crippen molar-refractivity contribution in [1.82, 2.24) is 0 Å². The van der Waals surface area contributed by atoms with Crippen molar-refractivity contribution in [1.29, 1.82) is 0 Å². The van der Waals surface area contributed by atoms with Crippen LogP contribution in [0.15, 0.2) is 24.3 Å². The molecule has 12 heavy (non-hydrogen) atoms. The molecule has 0 aliphatic heterocycles. The third-order valence-corrected chi connectivity index (χ3v) is 2.26. The van der Waals surface area contributed by atoms with Crippen LogP contribution in [0.3, 0.4) is 0 Å². The smallest absolute Gasteiger partial charge is 0.0355 e. The lowest BCUT2D eigenvalue weighted by atomic mass is 10.3. The number of nitrogens with two attached hydrogens (primary N) is 1. The summed E-state index contributed by atoms with van der Waals surface area (Å²) in [5, 5.41) is 3.30. The maximum Gasteiger partial charge on any atom is 0.0355 e. The number of hydrogen-bond acceptors (Lipinski definition) is 2. The van der Waals surface area contributed by atoms with E-state index >= 15 is 0 Å². The normalized spacial score (nSPS) is 12.6. The molecule has 1 unspecified atom stereocenters. The van der Waals surface area contributed by atoms with Gasteiger partial charge in [-0.15, -0.1) is 0 Å². The first-order valence-corrected chi connectivity index (χ1v) is 5.02. The van der Waals surface area contributed by atoms with E-state index < -0.39 is 0 Å². The number of rotatable bonds is 3. The van der Waals surface area contributed by atoms with Crippen molar-refractivity contribution < 1.29 is 0 Å². The maximum absolute atomic E-state index is 5.49. The zero-order valence-corrected chi connectivity index (χ0v) is 9.21. The lowest BCUT2D eigenvalue weighted by Crippen LogP contribution is -2.25. The number of halogens is 1. The first-order valence-electron chi connectivity index (χ1n) is 3.94. The molecule has 1 aromatic rings. The van der Waals surface area contributed by atoms with Crippen molar-refractivity contribution in [2.45, 2.75) is 13.0 Å². The summed E-state index contributed by atoms with van der Waals surface area (Å²) in [7, 11) is 0. The molecule has 66 valence electrons. The molecule has 0 spiro atoms. The number of nitrogens with one attached hydrogen (secondary N) is 1. The Labute approximate surface area is 86.7 Å². The van der Waals surface area contributed by atoms with E-state index in [9.17, 15) is 0 Å². The number of anilines is 1. The molecule has 3 heteroatoms. The van der Waals surface area contributed by atoms with Gasteiger partial charge in [0.2, 0.25) is 0 Å². The zero-order valence-electron chi connectivity index (χ0n) is 7.05. The van der Waals surface area contributed by atoms with Gasteiger partial charge < -0.3 is 11.1 Å². The van der Waals surface area contributed by atoms with Crippen molar-refractivity contribution in [2.24, 2.45) is 5.73 Å². The topological polar surface area (TPSA) is 38.0 Å². The van der Waals surface area contributed by atoms with Gasteiger partial charge in [0, 0.05) is 21.8 Å². The third kappa shape index (κ3) is 2.98. The second-order valence-electron chi connectivity index (χ2n) is 2.79. The SMILES string of the molecule is CC(CN)Nc1cccc(I)c1. The molecule has 0 aliphatic rings. The van der Waals surface area contributed by atoms with Crippen LogP contribution in [0.2, 0.25) is 0 Å². The van der Waals surface area contributed by atoms with Crippen LogP contribution in [-0.2, 0) is 0 Å². The molecule has 0 aromatic heterocycles. The Morgan fingerprint density at radius 1 is 1.58 bits per heavy atom. The fraction of sp³-hybridized carbons (Fsp3) is 0.333. The summed E-state index contributed by atoms with van der Waals surface area (Å²) in [5.41, 5.74) is 6.63. The molecule has 0 heterocycles. The van der Waals surface area contributed by atoms with Gasteiger partial charge in [-0.05, 0) is 47.7 Å². The highest BCUT2D eigenvalue weighted by molar-refractivity contribution is 14.1. The summed E-state index contributed by atoms with van der Waals surface area (Å²) in [6.45, 7) is 2.73. The van der Waals surface area contributed by atoms with Crippen molar-refractivity contribution >= 4 is 28.3 Å². The quantitative estimate of drug-likeness (QED) is 0.829. The summed E-state index contributed by atoms with van der Waals surface area (Å²) >= 11 is 2.29. The van der Waals surface area contributed by atoms with E-state index in [1.54, 1.807) is 0 Å². The molecule has 3 N–H and O–H groups in total. The van der Waals surface area contributed by atoms with E-state index in [1.165, 1.54) is 3.57 Å². The van der Waals surface area contributed by atoms with Gasteiger partial charge in [-0.25, -0.2) is 0 Å². The van der Waals surface area contributed by atoms with Crippen LogP contribution in [0.5, 0.6) is 0 Å². The molecule has 0 saturated heterocycles. The monoisotopic (exact) mass is 276 g/mol. The second kappa shape index (κ2) is 4.67. The fourth-order valence-corrected chi connectivity index (χ4v) is 1.46. The molecule has 0 radical (unpaired) electrons. The molecule has 1 rings (SSSR count). The van der Waals surface area contributed by atoms with E-state index in [-0.39, 0.29) is 0 Å². The third-order valence-electron chi connectivity index (χ3n) is 1.59. The maximum atomic E-state index is 5.49. The Morgan fingerprint density at radius 2 is 2.33 bits per heavy atom. The molecule has 0 aliphatic carbocycles. The van der Waals surface area contributed by atoms with Gasteiger partial charge in [-0.1, -0.05) is 6.07 Å². The lowest BCUT2D eigenvalue weighted by molar-refractivity contribution is 0.804. The summed E-state index contributed by atoms with van der Waals surface area (Å²) in [6, 6.07) is 8.59. The minimum absolute atomic E-state index is 0.336. The Hall–Kier alpha value is -0.290. The molecule has 0 bridgehead atoms. The lowest BCUT2D eigenvalue weighted by Gasteiger charge is -2.12. The summed E-state index contributed by atoms with van der Waals surface area (Å²) < 4.78 is 1.24. The van der Waals surface area contributed by atoms with Crippen molar-refractivity contribution in [3.8, 4) is 0 Å². The average molecular weight is 276 g/mol. The highest BCUT2D eigenvalue weighted by atomic mass is 127. The van der Waals surface area contributed by atoms with Gasteiger partial charge >= 0.3 is 0 Å². The van der Waals surface area contributed by atoms with E-state index in [0.29, 0.717) is 12.6 Å². The van der Waals surface area contributed by atoms with E-state index in [2.05, 4.69) is 47.0 Å². The molecule has 1 atom stereocenters. The fourth-order valence-electron chi connectivity index (χ4n) is 0.922. The van der Waals surface area contributed by atoms with Crippen LogP contribution >= 0.6 is 22.6 Å². The Bertz CT molecular complexity index is 250. The summed E-state index contributed by atoms with van der Waals surface area (Å²) in [4.78, 5) is 0. The largest absolute Gasteiger partial charge is 0.381 e. The van der Waals surface area contributed by atoms with Crippen molar-refractivity contribution in [3.05, 3.63) is 27.8 Å². The van der Waals surface area contributed by atoms with Crippen LogP contribution in [0.4, 0.5) is 5.69 Å². The van der Waals surface area contributed by atoms with E-state index in [0.717, 1.165) is 5.69 Å². The Kier molecular flexibility index (Phi) is 3.81. The molecular weight excluding hydrogens is 263 g/mol. The first kappa shape index (κ1) is 9.80. The van der Waals surface area contributed by atoms with E-state index in [1.807, 2.05) is 12.1 Å². The van der Waals surface area contributed by atoms with Gasteiger partial charge in [0.1, 0.15) is 0 Å². The van der Waals surface area contributed by atoms with E-state index in [4.69, 9.17) is 5.73 Å². The summed E-state index contributed by atoms with van der Waals surface area (Å²) in [6.07, 6.45) is 0. The first-order chi connectivity index (χ1) is 5.72. The van der Waals surface area contributed by atoms with Crippen LogP contribution in [-0.4, -0.2) is 12.6 Å². The summed E-state index contributed by atoms with van der Waals surface area (Å²) in [5.74, 6) is 0. The predicted octanol–water partition coefficient (Wildman–Crippen LogP) is 2.05. The minimum atomic E-state index is 0.336. The van der Waals surface area contributed by atoms with Crippen LogP contribution in [0.25, 0.3) is 0 Å². The molecular formula is C9H13IN2. The average Bonchev–Trinajstić information content (AvgIpc) is 2.04. The number of hydrogen-bond donors (Lipinski definition) is 2. The van der Waals surface area contributed by atoms with Gasteiger partial charge in [0.15, 0.2) is 0 Å².